The van der Waals surface area contributed by atoms with E-state index in [0.29, 0.717) is 41.4 Å². The fourth-order valence-electron chi connectivity index (χ4n) is 3.07. The summed E-state index contributed by atoms with van der Waals surface area (Å²) in [7, 11) is 1.62. The summed E-state index contributed by atoms with van der Waals surface area (Å²) < 4.78 is 11.1. The number of hydrogen-bond acceptors (Lipinski definition) is 9. The van der Waals surface area contributed by atoms with Crippen LogP contribution in [-0.2, 0) is 4.79 Å². The molecule has 9 nitrogen and oxygen atoms in total. The molecule has 3 aromatic rings. The molecule has 0 aliphatic carbocycles. The fraction of sp³-hybridized carbons (Fsp3) is 0.300. The second-order valence-electron chi connectivity index (χ2n) is 6.67. The Labute approximate surface area is 187 Å². The van der Waals surface area contributed by atoms with Crippen molar-refractivity contribution in [1.29, 1.82) is 0 Å². The van der Waals surface area contributed by atoms with E-state index in [2.05, 4.69) is 15.5 Å². The highest BCUT2D eigenvalue weighted by atomic mass is 32.2. The molecule has 0 atom stereocenters. The molecule has 0 saturated carbocycles. The van der Waals surface area contributed by atoms with Crippen LogP contribution in [0.4, 0.5) is 10.8 Å². The quantitative estimate of drug-likeness (QED) is 0.538. The van der Waals surface area contributed by atoms with Crippen LogP contribution in [0.3, 0.4) is 0 Å². The molecule has 0 unspecified atom stereocenters. The zero-order valence-corrected chi connectivity index (χ0v) is 18.4. The van der Waals surface area contributed by atoms with E-state index in [4.69, 9.17) is 9.15 Å². The van der Waals surface area contributed by atoms with Crippen molar-refractivity contribution in [2.24, 2.45) is 0 Å². The molecule has 1 N–H and O–H groups in total. The van der Waals surface area contributed by atoms with E-state index in [9.17, 15) is 9.59 Å². The van der Waals surface area contributed by atoms with Gasteiger partial charge < -0.3 is 24.3 Å². The highest BCUT2D eigenvalue weighted by Gasteiger charge is 2.26. The zero-order valence-electron chi connectivity index (χ0n) is 16.8. The summed E-state index contributed by atoms with van der Waals surface area (Å²) >= 11 is 2.75. The maximum atomic E-state index is 12.6. The van der Waals surface area contributed by atoms with Crippen LogP contribution in [0.2, 0.25) is 0 Å². The number of benzene rings is 1. The second-order valence-corrected chi connectivity index (χ2v) is 8.87. The maximum Gasteiger partial charge on any atom is 0.289 e. The highest BCUT2D eigenvalue weighted by Crippen LogP contribution is 2.29. The third-order valence-electron chi connectivity index (χ3n) is 4.70. The third-order valence-corrected chi connectivity index (χ3v) is 6.65. The van der Waals surface area contributed by atoms with Crippen molar-refractivity contribution >= 4 is 45.7 Å². The Morgan fingerprint density at radius 1 is 1.16 bits per heavy atom. The second kappa shape index (κ2) is 9.84. The average molecular weight is 460 g/mol. The molecule has 31 heavy (non-hydrogen) atoms. The summed E-state index contributed by atoms with van der Waals surface area (Å²) in [6, 6.07) is 10.9. The van der Waals surface area contributed by atoms with E-state index in [-0.39, 0.29) is 17.6 Å². The number of nitrogens with zero attached hydrogens (tertiary/aromatic N) is 4. The standard InChI is InChI=1S/C20H21N5O4S2/c1-28-15-5-2-4-14(12-15)21-19-22-23-20(31-19)30-13-17(26)24-7-9-25(10-8-24)18(27)16-6-3-11-29-16/h2-6,11-12H,7-10,13H2,1H3,(H,21,22). The Balaban J connectivity index is 1.24. The number of methoxy groups -OCH3 is 1. The number of furan rings is 1. The molecule has 2 amide bonds. The van der Waals surface area contributed by atoms with Crippen LogP contribution < -0.4 is 10.1 Å². The number of hydrogen-bond donors (Lipinski definition) is 1. The minimum atomic E-state index is -0.142. The fourth-order valence-corrected chi connectivity index (χ4v) is 4.75. The Morgan fingerprint density at radius 3 is 2.71 bits per heavy atom. The summed E-state index contributed by atoms with van der Waals surface area (Å²) in [5, 5.41) is 12.1. The van der Waals surface area contributed by atoms with Gasteiger partial charge in [0.05, 0.1) is 19.1 Å². The van der Waals surface area contributed by atoms with Gasteiger partial charge in [-0.3, -0.25) is 9.59 Å². The minimum Gasteiger partial charge on any atom is -0.497 e. The smallest absolute Gasteiger partial charge is 0.289 e. The van der Waals surface area contributed by atoms with Gasteiger partial charge in [-0.1, -0.05) is 29.2 Å². The minimum absolute atomic E-state index is 0.0209. The van der Waals surface area contributed by atoms with E-state index in [1.807, 2.05) is 24.3 Å². The summed E-state index contributed by atoms with van der Waals surface area (Å²) in [4.78, 5) is 28.3. The van der Waals surface area contributed by atoms with Gasteiger partial charge in [0.25, 0.3) is 5.91 Å². The molecular weight excluding hydrogens is 438 g/mol. The van der Waals surface area contributed by atoms with Gasteiger partial charge in [-0.25, -0.2) is 0 Å². The number of carbonyl (C=O) groups is 2. The van der Waals surface area contributed by atoms with E-state index in [1.54, 1.807) is 29.0 Å². The van der Waals surface area contributed by atoms with Crippen molar-refractivity contribution in [3.05, 3.63) is 48.4 Å². The molecule has 0 bridgehead atoms. The van der Waals surface area contributed by atoms with Crippen LogP contribution >= 0.6 is 23.1 Å². The van der Waals surface area contributed by atoms with E-state index >= 15 is 0 Å². The molecule has 1 aliphatic heterocycles. The molecule has 162 valence electrons. The summed E-state index contributed by atoms with van der Waals surface area (Å²) in [6.07, 6.45) is 1.48. The van der Waals surface area contributed by atoms with Crippen LogP contribution in [0.5, 0.6) is 5.75 Å². The van der Waals surface area contributed by atoms with Gasteiger partial charge in [-0.15, -0.1) is 10.2 Å². The number of aromatic nitrogens is 2. The van der Waals surface area contributed by atoms with Gasteiger partial charge in [-0.2, -0.15) is 0 Å². The summed E-state index contributed by atoms with van der Waals surface area (Å²) in [6.45, 7) is 1.99. The largest absolute Gasteiger partial charge is 0.497 e. The first-order chi connectivity index (χ1) is 15.1. The molecule has 1 aliphatic rings. The average Bonchev–Trinajstić information content (AvgIpc) is 3.50. The lowest BCUT2D eigenvalue weighted by molar-refractivity contribution is -0.129. The Kier molecular flexibility index (Phi) is 6.73. The van der Waals surface area contributed by atoms with E-state index in [1.165, 1.54) is 29.4 Å². The molecular formula is C20H21N5O4S2. The number of amides is 2. The Hall–Kier alpha value is -3.05. The molecule has 1 aromatic carbocycles. The van der Waals surface area contributed by atoms with Crippen molar-refractivity contribution < 1.29 is 18.7 Å². The number of piperazine rings is 1. The lowest BCUT2D eigenvalue weighted by atomic mass is 10.3. The first kappa shape index (κ1) is 21.2. The molecule has 11 heteroatoms. The summed E-state index contributed by atoms with van der Waals surface area (Å²) in [5.74, 6) is 1.23. The third kappa shape index (κ3) is 5.36. The predicted molar refractivity (Wildman–Crippen MR) is 118 cm³/mol. The topological polar surface area (TPSA) is 101 Å². The van der Waals surface area contributed by atoms with Gasteiger partial charge in [0.2, 0.25) is 11.0 Å². The molecule has 1 saturated heterocycles. The van der Waals surface area contributed by atoms with E-state index in [0.717, 1.165) is 11.4 Å². The van der Waals surface area contributed by atoms with Crippen LogP contribution in [0.15, 0.2) is 51.4 Å². The normalized spacial score (nSPS) is 13.8. The van der Waals surface area contributed by atoms with E-state index < -0.39 is 0 Å². The number of nitrogens with one attached hydrogen (secondary N) is 1. The van der Waals surface area contributed by atoms with Gasteiger partial charge in [0.1, 0.15) is 5.75 Å². The molecule has 0 spiro atoms. The van der Waals surface area contributed by atoms with Crippen LogP contribution in [-0.4, -0.2) is 70.9 Å². The summed E-state index contributed by atoms with van der Waals surface area (Å²) in [5.41, 5.74) is 0.852. The molecule has 1 fully saturated rings. The van der Waals surface area contributed by atoms with Crippen molar-refractivity contribution in [2.45, 2.75) is 4.34 Å². The van der Waals surface area contributed by atoms with Crippen LogP contribution in [0.25, 0.3) is 0 Å². The van der Waals surface area contributed by atoms with Crippen molar-refractivity contribution in [3.63, 3.8) is 0 Å². The molecule has 2 aromatic heterocycles. The first-order valence-corrected chi connectivity index (χ1v) is 11.4. The van der Waals surface area contributed by atoms with Crippen molar-refractivity contribution in [1.82, 2.24) is 20.0 Å². The lowest BCUT2D eigenvalue weighted by Crippen LogP contribution is -2.51. The molecule has 3 heterocycles. The molecule has 4 rings (SSSR count). The maximum absolute atomic E-state index is 12.6. The zero-order chi connectivity index (χ0) is 21.6. The molecule has 0 radical (unpaired) electrons. The van der Waals surface area contributed by atoms with Gasteiger partial charge in [0.15, 0.2) is 10.1 Å². The highest BCUT2D eigenvalue weighted by molar-refractivity contribution is 8.01. The first-order valence-electron chi connectivity index (χ1n) is 9.60. The predicted octanol–water partition coefficient (Wildman–Crippen LogP) is 2.96. The monoisotopic (exact) mass is 459 g/mol. The Morgan fingerprint density at radius 2 is 1.97 bits per heavy atom. The van der Waals surface area contributed by atoms with Gasteiger partial charge in [-0.05, 0) is 24.3 Å². The van der Waals surface area contributed by atoms with Crippen LogP contribution in [0.1, 0.15) is 10.6 Å². The Bertz CT molecular complexity index is 1030. The van der Waals surface area contributed by atoms with Gasteiger partial charge >= 0.3 is 0 Å². The van der Waals surface area contributed by atoms with Gasteiger partial charge in [0, 0.05) is 37.9 Å². The van der Waals surface area contributed by atoms with Crippen molar-refractivity contribution in [3.8, 4) is 5.75 Å². The number of carbonyl (C=O) groups excluding carboxylic acids is 2. The number of ether oxygens (including phenoxy) is 1. The lowest BCUT2D eigenvalue weighted by Gasteiger charge is -2.34. The number of anilines is 2. The van der Waals surface area contributed by atoms with Crippen molar-refractivity contribution in [2.75, 3.05) is 44.4 Å². The number of rotatable bonds is 7. The van der Waals surface area contributed by atoms with Crippen LogP contribution in [0, 0.1) is 0 Å². The number of thioether (sulfide) groups is 1. The SMILES string of the molecule is COc1cccc(Nc2nnc(SCC(=O)N3CCN(C(=O)c4ccco4)CC3)s2)c1.